The zero-order valence-electron chi connectivity index (χ0n) is 18.8. The van der Waals surface area contributed by atoms with Gasteiger partial charge in [0.2, 0.25) is 0 Å². The number of thioether (sulfide) groups is 1. The first-order valence-corrected chi connectivity index (χ1v) is 12.5. The van der Waals surface area contributed by atoms with Crippen molar-refractivity contribution in [3.8, 4) is 5.69 Å². The van der Waals surface area contributed by atoms with Crippen LogP contribution in [-0.2, 0) is 13.0 Å². The zero-order chi connectivity index (χ0) is 22.8. The molecule has 2 aromatic carbocycles. The van der Waals surface area contributed by atoms with Crippen molar-refractivity contribution in [2.24, 2.45) is 4.99 Å². The van der Waals surface area contributed by atoms with Crippen LogP contribution in [0, 0.1) is 0 Å². The molecule has 0 fully saturated rings. The highest BCUT2D eigenvalue weighted by Crippen LogP contribution is 2.38. The van der Waals surface area contributed by atoms with Crippen molar-refractivity contribution in [3.05, 3.63) is 69.2 Å². The molecule has 1 aliphatic heterocycles. The van der Waals surface area contributed by atoms with Crippen molar-refractivity contribution in [1.29, 1.82) is 0 Å². The maximum atomic E-state index is 7.07. The fraction of sp³-hybridized carbons (Fsp3) is 0.375. The molecule has 0 saturated carbocycles. The molecule has 0 aliphatic carbocycles. The summed E-state index contributed by atoms with van der Waals surface area (Å²) < 4.78 is 2.13. The van der Waals surface area contributed by atoms with E-state index >= 15 is 0 Å². The van der Waals surface area contributed by atoms with E-state index in [0.29, 0.717) is 22.6 Å². The molecule has 5 nitrogen and oxygen atoms in total. The summed E-state index contributed by atoms with van der Waals surface area (Å²) in [6, 6.07) is 12.3. The average Bonchev–Trinajstić information content (AvgIpc) is 3.08. The van der Waals surface area contributed by atoms with Crippen LogP contribution in [0.3, 0.4) is 0 Å². The summed E-state index contributed by atoms with van der Waals surface area (Å²) in [7, 11) is 4.15. The first-order valence-electron chi connectivity index (χ1n) is 10.8. The van der Waals surface area contributed by atoms with Crippen molar-refractivity contribution in [2.45, 2.75) is 44.2 Å². The molecule has 0 N–H and O–H groups in total. The smallest absolute Gasteiger partial charge is 0.159 e. The molecule has 0 radical (unpaired) electrons. The van der Waals surface area contributed by atoms with Crippen LogP contribution in [0.5, 0.6) is 0 Å². The first kappa shape index (κ1) is 23.3. The Morgan fingerprint density at radius 1 is 1.12 bits per heavy atom. The summed E-state index contributed by atoms with van der Waals surface area (Å²) in [4.78, 5) is 8.18. The monoisotopic (exact) mass is 487 g/mol. The number of rotatable bonds is 7. The molecular weight excluding hydrogens is 461 g/mol. The molecule has 3 aromatic rings. The Labute approximate surface area is 203 Å². The average molecular weight is 488 g/mol. The van der Waals surface area contributed by atoms with E-state index in [0.717, 1.165) is 57.7 Å². The Kier molecular flexibility index (Phi) is 7.25. The first-order chi connectivity index (χ1) is 15.4. The van der Waals surface area contributed by atoms with Gasteiger partial charge in [-0.2, -0.15) is 0 Å². The Morgan fingerprint density at radius 2 is 1.91 bits per heavy atom. The maximum Gasteiger partial charge on any atom is 0.159 e. The van der Waals surface area contributed by atoms with Crippen LogP contribution in [-0.4, -0.2) is 51.3 Å². The predicted octanol–water partition coefficient (Wildman–Crippen LogP) is 5.92. The number of halogens is 2. The van der Waals surface area contributed by atoms with Gasteiger partial charge in [-0.3, -0.25) is 9.56 Å². The fourth-order valence-corrected chi connectivity index (χ4v) is 5.15. The summed E-state index contributed by atoms with van der Waals surface area (Å²) in [5.41, 5.74) is 3.51. The SMILES string of the molecule is CCCSc1ccc2c(c1Cl)C(c1ccccc1Cl)=NCc1nnc(CC(C)N(C)C)n1-2. The van der Waals surface area contributed by atoms with Gasteiger partial charge < -0.3 is 4.90 Å². The van der Waals surface area contributed by atoms with Crippen molar-refractivity contribution in [1.82, 2.24) is 19.7 Å². The van der Waals surface area contributed by atoms with Crippen molar-refractivity contribution >= 4 is 40.7 Å². The molecule has 32 heavy (non-hydrogen) atoms. The Hall–Kier alpha value is -1.86. The molecule has 0 bridgehead atoms. The lowest BCUT2D eigenvalue weighted by Gasteiger charge is -2.21. The van der Waals surface area contributed by atoms with Gasteiger partial charge in [-0.15, -0.1) is 22.0 Å². The summed E-state index contributed by atoms with van der Waals surface area (Å²) >= 11 is 15.4. The summed E-state index contributed by atoms with van der Waals surface area (Å²) in [6.45, 7) is 4.76. The Morgan fingerprint density at radius 3 is 2.62 bits per heavy atom. The number of likely N-dealkylation sites (N-methyl/N-ethyl adjacent to an activating group) is 1. The van der Waals surface area contributed by atoms with E-state index in [9.17, 15) is 0 Å². The van der Waals surface area contributed by atoms with E-state index in [-0.39, 0.29) is 0 Å². The third-order valence-electron chi connectivity index (χ3n) is 5.69. The molecule has 0 amide bonds. The van der Waals surface area contributed by atoms with E-state index < -0.39 is 0 Å². The van der Waals surface area contributed by atoms with Crippen molar-refractivity contribution in [3.63, 3.8) is 0 Å². The lowest BCUT2D eigenvalue weighted by Crippen LogP contribution is -2.28. The molecule has 4 rings (SSSR count). The van der Waals surface area contributed by atoms with Crippen LogP contribution in [0.25, 0.3) is 5.69 Å². The molecule has 1 aliphatic rings. The summed E-state index contributed by atoms with van der Waals surface area (Å²) in [6.07, 6.45) is 1.84. The number of hydrogen-bond acceptors (Lipinski definition) is 5. The standard InChI is InChI=1S/C24H27Cl2N5S/c1-5-12-32-19-11-10-18-22(23(19)26)24(16-8-6-7-9-17(16)25)27-14-21-29-28-20(31(18)21)13-15(2)30(3)4/h6-11,15H,5,12-14H2,1-4H3. The molecule has 168 valence electrons. The summed E-state index contributed by atoms with van der Waals surface area (Å²) in [5.74, 6) is 2.71. The number of aromatic nitrogens is 3. The van der Waals surface area contributed by atoms with Crippen molar-refractivity contribution in [2.75, 3.05) is 19.8 Å². The lowest BCUT2D eigenvalue weighted by molar-refractivity contribution is 0.307. The van der Waals surface area contributed by atoms with Gasteiger partial charge in [-0.25, -0.2) is 0 Å². The molecular formula is C24H27Cl2N5S. The minimum absolute atomic E-state index is 0.314. The van der Waals surface area contributed by atoms with E-state index in [4.69, 9.17) is 28.2 Å². The normalized spacial score (nSPS) is 14.0. The van der Waals surface area contributed by atoms with Crippen LogP contribution in [0.15, 0.2) is 46.3 Å². The third-order valence-corrected chi connectivity index (χ3v) is 7.79. The maximum absolute atomic E-state index is 7.07. The predicted molar refractivity (Wildman–Crippen MR) is 135 cm³/mol. The minimum Gasteiger partial charge on any atom is -0.306 e. The van der Waals surface area contributed by atoms with Gasteiger partial charge >= 0.3 is 0 Å². The fourth-order valence-electron chi connectivity index (χ4n) is 3.70. The lowest BCUT2D eigenvalue weighted by atomic mass is 10.00. The number of benzene rings is 2. The van der Waals surface area contributed by atoms with Crippen LogP contribution in [0.4, 0.5) is 0 Å². The second-order valence-corrected chi connectivity index (χ2v) is 10.1. The van der Waals surface area contributed by atoms with Crippen LogP contribution in [0.1, 0.15) is 43.0 Å². The minimum atomic E-state index is 0.314. The molecule has 8 heteroatoms. The van der Waals surface area contributed by atoms with E-state index in [1.807, 2.05) is 24.3 Å². The van der Waals surface area contributed by atoms with Gasteiger partial charge in [-0.1, -0.05) is 48.3 Å². The second-order valence-electron chi connectivity index (χ2n) is 8.15. The third kappa shape index (κ3) is 4.46. The van der Waals surface area contributed by atoms with E-state index in [1.54, 1.807) is 11.8 Å². The molecule has 1 atom stereocenters. The highest BCUT2D eigenvalue weighted by atomic mass is 35.5. The van der Waals surface area contributed by atoms with Gasteiger partial charge in [0.25, 0.3) is 0 Å². The number of aliphatic imine (C=N–C) groups is 1. The highest BCUT2D eigenvalue weighted by Gasteiger charge is 2.27. The van der Waals surface area contributed by atoms with Crippen LogP contribution < -0.4 is 0 Å². The van der Waals surface area contributed by atoms with Gasteiger partial charge in [0.05, 0.1) is 16.4 Å². The molecule has 0 saturated heterocycles. The summed E-state index contributed by atoms with van der Waals surface area (Å²) in [5, 5.41) is 10.4. The number of hydrogen-bond donors (Lipinski definition) is 0. The Balaban J connectivity index is 1.93. The highest BCUT2D eigenvalue weighted by molar-refractivity contribution is 7.99. The zero-order valence-corrected chi connectivity index (χ0v) is 21.1. The van der Waals surface area contributed by atoms with Gasteiger partial charge in [0.1, 0.15) is 12.4 Å². The second kappa shape index (κ2) is 9.96. The van der Waals surface area contributed by atoms with Crippen LogP contribution >= 0.6 is 35.0 Å². The van der Waals surface area contributed by atoms with E-state index in [1.165, 1.54) is 0 Å². The van der Waals surface area contributed by atoms with Crippen molar-refractivity contribution < 1.29 is 0 Å². The van der Waals surface area contributed by atoms with Crippen LogP contribution in [0.2, 0.25) is 10.0 Å². The molecule has 0 spiro atoms. The van der Waals surface area contributed by atoms with Gasteiger partial charge in [0, 0.05) is 33.5 Å². The number of fused-ring (bicyclic) bond motifs is 3. The van der Waals surface area contributed by atoms with Gasteiger partial charge in [0.15, 0.2) is 5.82 Å². The molecule has 2 heterocycles. The molecule has 1 unspecified atom stereocenters. The topological polar surface area (TPSA) is 46.3 Å². The molecule has 1 aromatic heterocycles. The quantitative estimate of drug-likeness (QED) is 0.388. The Bertz CT molecular complexity index is 1160. The number of nitrogens with zero attached hydrogens (tertiary/aromatic N) is 5. The van der Waals surface area contributed by atoms with Gasteiger partial charge in [-0.05, 0) is 51.4 Å². The largest absolute Gasteiger partial charge is 0.306 e. The van der Waals surface area contributed by atoms with E-state index in [2.05, 4.69) is 59.7 Å².